The van der Waals surface area contributed by atoms with Gasteiger partial charge in [-0.2, -0.15) is 0 Å². The van der Waals surface area contributed by atoms with Gasteiger partial charge in [0.05, 0.1) is 24.4 Å². The maximum absolute atomic E-state index is 12.1. The van der Waals surface area contributed by atoms with Gasteiger partial charge in [0.1, 0.15) is 0 Å². The molecule has 8 heteroatoms. The van der Waals surface area contributed by atoms with E-state index in [-0.39, 0.29) is 13.0 Å². The highest BCUT2D eigenvalue weighted by molar-refractivity contribution is 6.36. The molecule has 0 bridgehead atoms. The number of aromatic nitrogens is 2. The van der Waals surface area contributed by atoms with Gasteiger partial charge in [-0.1, -0.05) is 23.2 Å². The number of aromatic amines is 2. The highest BCUT2D eigenvalue weighted by atomic mass is 35.5. The van der Waals surface area contributed by atoms with E-state index in [4.69, 9.17) is 27.9 Å². The molecule has 1 heterocycles. The number of H-pyrrole nitrogens is 2. The third kappa shape index (κ3) is 2.46. The first-order chi connectivity index (χ1) is 11.3. The fourth-order valence-electron chi connectivity index (χ4n) is 3.22. The quantitative estimate of drug-likeness (QED) is 0.643. The zero-order chi connectivity index (χ0) is 17.6. The van der Waals surface area contributed by atoms with E-state index in [2.05, 4.69) is 9.97 Å². The molecule has 0 spiro atoms. The van der Waals surface area contributed by atoms with Gasteiger partial charge in [-0.3, -0.25) is 14.4 Å². The summed E-state index contributed by atoms with van der Waals surface area (Å²) in [6.45, 7) is 3.72. The minimum Gasteiger partial charge on any atom is -0.466 e. The van der Waals surface area contributed by atoms with Crippen molar-refractivity contribution in [2.24, 2.45) is 0 Å². The Labute approximate surface area is 146 Å². The smallest absolute Gasteiger partial charge is 0.314 e. The van der Waals surface area contributed by atoms with Gasteiger partial charge in [0, 0.05) is 21.0 Å². The average Bonchev–Trinajstić information content (AvgIpc) is 2.69. The molecule has 0 saturated carbocycles. The van der Waals surface area contributed by atoms with Crippen molar-refractivity contribution in [3.05, 3.63) is 54.1 Å². The van der Waals surface area contributed by atoms with Crippen LogP contribution in [0.3, 0.4) is 0 Å². The second kappa shape index (κ2) is 5.79. The normalized spacial score (nSPS) is 18.2. The maximum atomic E-state index is 12.1. The number of hydrogen-bond acceptors (Lipinski definition) is 4. The van der Waals surface area contributed by atoms with E-state index < -0.39 is 22.5 Å². The zero-order valence-corrected chi connectivity index (χ0v) is 14.5. The number of ether oxygens (including phenoxy) is 1. The average molecular weight is 369 g/mol. The minimum atomic E-state index is -0.943. The molecule has 1 aliphatic rings. The van der Waals surface area contributed by atoms with Gasteiger partial charge in [0.15, 0.2) is 0 Å². The van der Waals surface area contributed by atoms with Crippen molar-refractivity contribution in [3.63, 3.8) is 0 Å². The second-order valence-corrected chi connectivity index (χ2v) is 6.63. The van der Waals surface area contributed by atoms with Crippen LogP contribution < -0.4 is 11.1 Å². The number of halogens is 2. The van der Waals surface area contributed by atoms with E-state index in [1.807, 2.05) is 0 Å². The molecule has 0 aliphatic heterocycles. The van der Waals surface area contributed by atoms with Crippen LogP contribution in [0.4, 0.5) is 0 Å². The predicted octanol–water partition coefficient (Wildman–Crippen LogP) is 2.61. The molecular weight excluding hydrogens is 355 g/mol. The number of rotatable bonds is 3. The first-order valence-electron chi connectivity index (χ1n) is 7.30. The summed E-state index contributed by atoms with van der Waals surface area (Å²) in [5.41, 5.74) is -0.487. The molecule has 2 N–H and O–H groups in total. The van der Waals surface area contributed by atoms with Crippen molar-refractivity contribution in [1.82, 2.24) is 9.97 Å². The van der Waals surface area contributed by atoms with E-state index in [9.17, 15) is 14.4 Å². The van der Waals surface area contributed by atoms with Gasteiger partial charge < -0.3 is 14.7 Å². The standard InChI is InChI=1S/C16H14Cl2N2O4/c1-3-24-10(21)6-16(2)11-8(4-7(17)5-9(11)18)12-13(16)20-15(23)14(22)19-12/h4-5H,3,6H2,1-2H3,(H,19,22)(H,20,23). The summed E-state index contributed by atoms with van der Waals surface area (Å²) in [7, 11) is 0. The van der Waals surface area contributed by atoms with Crippen molar-refractivity contribution in [2.75, 3.05) is 6.61 Å². The molecule has 1 aliphatic carbocycles. The number of carbonyl (C=O) groups is 1. The van der Waals surface area contributed by atoms with Crippen LogP contribution in [-0.4, -0.2) is 22.5 Å². The Hall–Kier alpha value is -2.05. The molecule has 24 heavy (non-hydrogen) atoms. The van der Waals surface area contributed by atoms with E-state index in [0.29, 0.717) is 32.6 Å². The summed E-state index contributed by atoms with van der Waals surface area (Å²) in [4.78, 5) is 40.8. The lowest BCUT2D eigenvalue weighted by Crippen LogP contribution is -2.35. The number of nitrogens with one attached hydrogen (secondary N) is 2. The Bertz CT molecular complexity index is 964. The fourth-order valence-corrected chi connectivity index (χ4v) is 3.92. The van der Waals surface area contributed by atoms with Crippen LogP contribution in [0.2, 0.25) is 10.0 Å². The topological polar surface area (TPSA) is 92.0 Å². The van der Waals surface area contributed by atoms with Crippen LogP contribution in [-0.2, 0) is 14.9 Å². The highest BCUT2D eigenvalue weighted by Crippen LogP contribution is 2.51. The van der Waals surface area contributed by atoms with Crippen LogP contribution in [0.15, 0.2) is 21.7 Å². The monoisotopic (exact) mass is 368 g/mol. The lowest BCUT2D eigenvalue weighted by atomic mass is 9.80. The Kier molecular flexibility index (Phi) is 4.05. The van der Waals surface area contributed by atoms with E-state index >= 15 is 0 Å². The SMILES string of the molecule is CCOC(=O)CC1(C)c2[nH]c(=O)c(=O)[nH]c2-c2cc(Cl)cc(Cl)c21. The molecule has 0 saturated heterocycles. The third-order valence-electron chi connectivity index (χ3n) is 4.16. The molecular formula is C16H14Cl2N2O4. The van der Waals surface area contributed by atoms with Crippen LogP contribution in [0, 0.1) is 0 Å². The largest absolute Gasteiger partial charge is 0.466 e. The lowest BCUT2D eigenvalue weighted by molar-refractivity contribution is -0.144. The molecule has 0 amide bonds. The first kappa shape index (κ1) is 16.8. The van der Waals surface area contributed by atoms with Crippen LogP contribution >= 0.6 is 23.2 Å². The van der Waals surface area contributed by atoms with Crippen molar-refractivity contribution >= 4 is 29.2 Å². The van der Waals surface area contributed by atoms with Gasteiger partial charge in [0.25, 0.3) is 0 Å². The van der Waals surface area contributed by atoms with Gasteiger partial charge >= 0.3 is 17.1 Å². The van der Waals surface area contributed by atoms with Gasteiger partial charge in [-0.15, -0.1) is 0 Å². The molecule has 3 rings (SSSR count). The van der Waals surface area contributed by atoms with Crippen LogP contribution in [0.5, 0.6) is 0 Å². The molecule has 1 aromatic carbocycles. The summed E-state index contributed by atoms with van der Waals surface area (Å²) in [5, 5.41) is 0.735. The Morgan fingerprint density at radius 3 is 2.54 bits per heavy atom. The Morgan fingerprint density at radius 2 is 1.88 bits per heavy atom. The molecule has 1 aromatic heterocycles. The zero-order valence-electron chi connectivity index (χ0n) is 13.0. The van der Waals surface area contributed by atoms with Crippen molar-refractivity contribution in [2.45, 2.75) is 25.7 Å². The highest BCUT2D eigenvalue weighted by Gasteiger charge is 2.45. The summed E-state index contributed by atoms with van der Waals surface area (Å²) < 4.78 is 5.04. The van der Waals surface area contributed by atoms with Crippen LogP contribution in [0.25, 0.3) is 11.3 Å². The van der Waals surface area contributed by atoms with Gasteiger partial charge in [-0.05, 0) is 31.5 Å². The number of carbonyl (C=O) groups excluding carboxylic acids is 1. The number of esters is 1. The van der Waals surface area contributed by atoms with E-state index in [1.54, 1.807) is 26.0 Å². The Morgan fingerprint density at radius 1 is 1.21 bits per heavy atom. The molecule has 0 radical (unpaired) electrons. The summed E-state index contributed by atoms with van der Waals surface area (Å²) >= 11 is 12.4. The molecule has 1 atom stereocenters. The van der Waals surface area contributed by atoms with E-state index in [1.165, 1.54) is 0 Å². The Balaban J connectivity index is 2.32. The molecule has 1 unspecified atom stereocenters. The van der Waals surface area contributed by atoms with Gasteiger partial charge in [-0.25, -0.2) is 0 Å². The summed E-state index contributed by atoms with van der Waals surface area (Å²) in [6.07, 6.45) is -0.0375. The number of benzene rings is 1. The van der Waals surface area contributed by atoms with E-state index in [0.717, 1.165) is 0 Å². The second-order valence-electron chi connectivity index (χ2n) is 5.78. The number of fused-ring (bicyclic) bond motifs is 3. The van der Waals surface area contributed by atoms with Gasteiger partial charge in [0.2, 0.25) is 0 Å². The lowest BCUT2D eigenvalue weighted by Gasteiger charge is -2.26. The predicted molar refractivity (Wildman–Crippen MR) is 90.8 cm³/mol. The molecule has 126 valence electrons. The molecule has 0 fully saturated rings. The number of hydrogen-bond donors (Lipinski definition) is 2. The summed E-state index contributed by atoms with van der Waals surface area (Å²) in [5.74, 6) is -0.433. The molecule has 2 aromatic rings. The van der Waals surface area contributed by atoms with Crippen molar-refractivity contribution < 1.29 is 9.53 Å². The fraction of sp³-hybridized carbons (Fsp3) is 0.312. The molecule has 6 nitrogen and oxygen atoms in total. The third-order valence-corrected chi connectivity index (χ3v) is 4.68. The minimum absolute atomic E-state index is 0.0375. The summed E-state index contributed by atoms with van der Waals surface area (Å²) in [6, 6.07) is 3.21. The van der Waals surface area contributed by atoms with Crippen LogP contribution in [0.1, 0.15) is 31.5 Å². The maximum Gasteiger partial charge on any atom is 0.314 e. The van der Waals surface area contributed by atoms with Crippen molar-refractivity contribution in [1.29, 1.82) is 0 Å². The first-order valence-corrected chi connectivity index (χ1v) is 8.06. The van der Waals surface area contributed by atoms with Crippen molar-refractivity contribution in [3.8, 4) is 11.3 Å².